The Kier molecular flexibility index (Phi) is 9.20. The summed E-state index contributed by atoms with van der Waals surface area (Å²) in [4.78, 5) is 27.5. The third-order valence-electron chi connectivity index (χ3n) is 7.57. The number of carbonyl (C=O) groups is 1. The zero-order valence-electron chi connectivity index (χ0n) is 24.5. The van der Waals surface area contributed by atoms with Crippen molar-refractivity contribution >= 4 is 21.8 Å². The largest absolute Gasteiger partial charge is 0.485 e. The van der Waals surface area contributed by atoms with Gasteiger partial charge in [-0.15, -0.1) is 0 Å². The highest BCUT2D eigenvalue weighted by atomic mass is 32.2. The van der Waals surface area contributed by atoms with Crippen LogP contribution in [0.5, 0.6) is 5.75 Å². The van der Waals surface area contributed by atoms with Crippen LogP contribution in [0.1, 0.15) is 32.3 Å². The van der Waals surface area contributed by atoms with E-state index in [0.29, 0.717) is 30.2 Å². The van der Waals surface area contributed by atoms with Crippen molar-refractivity contribution in [3.63, 3.8) is 0 Å². The van der Waals surface area contributed by atoms with Crippen molar-refractivity contribution in [2.45, 2.75) is 38.5 Å². The molecule has 0 atom stereocenters. The molecule has 0 unspecified atom stereocenters. The number of hydrogen-bond donors (Lipinski definition) is 1. The first kappa shape index (κ1) is 31.4. The lowest BCUT2D eigenvalue weighted by Crippen LogP contribution is -2.49. The van der Waals surface area contributed by atoms with Crippen LogP contribution in [0.15, 0.2) is 59.5 Å². The molecule has 0 spiro atoms. The quantitative estimate of drug-likeness (QED) is 0.342. The van der Waals surface area contributed by atoms with Crippen LogP contribution in [0.4, 0.5) is 19.3 Å². The summed E-state index contributed by atoms with van der Waals surface area (Å²) in [7, 11) is -3.58. The number of aromatic nitrogens is 2. The van der Waals surface area contributed by atoms with E-state index in [2.05, 4.69) is 10.4 Å². The fourth-order valence-corrected chi connectivity index (χ4v) is 6.46. The average molecular weight is 632 g/mol. The van der Waals surface area contributed by atoms with Crippen molar-refractivity contribution in [2.75, 3.05) is 44.3 Å². The molecule has 0 bridgehead atoms. The van der Waals surface area contributed by atoms with Gasteiger partial charge in [-0.2, -0.15) is 14.1 Å². The van der Waals surface area contributed by atoms with Gasteiger partial charge in [-0.3, -0.25) is 4.79 Å². The second kappa shape index (κ2) is 12.9. The molecule has 2 aliphatic rings. The van der Waals surface area contributed by atoms with Crippen LogP contribution >= 0.6 is 0 Å². The molecule has 3 aromatic rings. The Labute approximate surface area is 254 Å². The average Bonchev–Trinajstić information content (AvgIpc) is 3.75. The molecule has 11 nitrogen and oxygen atoms in total. The Balaban J connectivity index is 1.36. The molecule has 1 saturated carbocycles. The van der Waals surface area contributed by atoms with E-state index < -0.39 is 38.7 Å². The molecule has 1 aliphatic heterocycles. The monoisotopic (exact) mass is 631 g/mol. The second-order valence-electron chi connectivity index (χ2n) is 11.5. The molecule has 2 heterocycles. The lowest BCUT2D eigenvalue weighted by atomic mass is 10.1. The van der Waals surface area contributed by atoms with Gasteiger partial charge in [0.05, 0.1) is 24.2 Å². The molecular weight excluding hydrogens is 596 g/mol. The van der Waals surface area contributed by atoms with Gasteiger partial charge in [-0.05, 0) is 44.4 Å². The van der Waals surface area contributed by atoms with Crippen LogP contribution in [0.25, 0.3) is 5.69 Å². The molecule has 2 fully saturated rings. The number of carbonyl (C=O) groups excluding carboxylic acids is 1. The van der Waals surface area contributed by atoms with Gasteiger partial charge in [0.1, 0.15) is 23.9 Å². The molecule has 1 saturated heterocycles. The minimum absolute atomic E-state index is 0.0527. The van der Waals surface area contributed by atoms with Crippen molar-refractivity contribution in [1.82, 2.24) is 19.4 Å². The number of alkyl carbamates (subject to hydrolysis) is 1. The summed E-state index contributed by atoms with van der Waals surface area (Å²) in [5, 5.41) is 6.84. The van der Waals surface area contributed by atoms with E-state index in [1.165, 1.54) is 10.5 Å². The van der Waals surface area contributed by atoms with Crippen molar-refractivity contribution < 1.29 is 31.5 Å². The number of hydrogen-bond acceptors (Lipinski definition) is 8. The SMILES string of the molecule is CC(C)NC(=O)OCC1(COc2c(N3CCN(S(=O)(=O)Cc4ccccc4)CC3)cnn(-c3cc(F)cc(F)c3)c2=O)CC1. The molecule has 44 heavy (non-hydrogen) atoms. The fourth-order valence-electron chi connectivity index (χ4n) is 4.95. The van der Waals surface area contributed by atoms with E-state index >= 15 is 0 Å². The highest BCUT2D eigenvalue weighted by Gasteiger charge is 2.45. The number of amides is 1. The van der Waals surface area contributed by atoms with E-state index in [1.54, 1.807) is 29.2 Å². The number of nitrogens with one attached hydrogen (secondary N) is 1. The molecule has 1 amide bonds. The van der Waals surface area contributed by atoms with E-state index in [4.69, 9.17) is 9.47 Å². The Bertz CT molecular complexity index is 1640. The maximum Gasteiger partial charge on any atom is 0.407 e. The number of halogens is 2. The topological polar surface area (TPSA) is 123 Å². The van der Waals surface area contributed by atoms with Crippen molar-refractivity contribution in [3.05, 3.63) is 82.3 Å². The van der Waals surface area contributed by atoms with Gasteiger partial charge in [0.15, 0.2) is 0 Å². The van der Waals surface area contributed by atoms with Crippen LogP contribution < -0.4 is 20.5 Å². The van der Waals surface area contributed by atoms with Crippen LogP contribution in [0.2, 0.25) is 0 Å². The summed E-state index contributed by atoms with van der Waals surface area (Å²) in [6.45, 7) is 4.64. The Morgan fingerprint density at radius 3 is 2.30 bits per heavy atom. The van der Waals surface area contributed by atoms with Gasteiger partial charge in [0.2, 0.25) is 15.8 Å². The number of nitrogens with zero attached hydrogens (tertiary/aromatic N) is 4. The predicted octanol–water partition coefficient (Wildman–Crippen LogP) is 3.46. The molecule has 2 aromatic carbocycles. The second-order valence-corrected chi connectivity index (χ2v) is 13.5. The van der Waals surface area contributed by atoms with Crippen LogP contribution in [-0.2, 0) is 20.5 Å². The van der Waals surface area contributed by atoms with Gasteiger partial charge in [0.25, 0.3) is 0 Å². The molecule has 14 heteroatoms. The van der Waals surface area contributed by atoms with Gasteiger partial charge in [-0.25, -0.2) is 22.0 Å². The first-order chi connectivity index (χ1) is 20.9. The first-order valence-corrected chi connectivity index (χ1v) is 16.0. The number of rotatable bonds is 11. The Morgan fingerprint density at radius 1 is 1.02 bits per heavy atom. The number of sulfonamides is 1. The summed E-state index contributed by atoms with van der Waals surface area (Å²) < 4.78 is 67.9. The van der Waals surface area contributed by atoms with E-state index in [0.717, 1.165) is 16.8 Å². The highest BCUT2D eigenvalue weighted by Crippen LogP contribution is 2.46. The standard InChI is InChI=1S/C30H35F2N5O6S/c1-21(2)34-29(39)43-20-30(8-9-30)19-42-27-26(17-33-37(28(27)38)25-15-23(31)14-24(32)16-25)35-10-12-36(13-11-35)44(40,41)18-22-6-4-3-5-7-22/h3-7,14-17,21H,8-13,18-20H2,1-2H3,(H,34,39). The zero-order valence-corrected chi connectivity index (χ0v) is 25.4. The first-order valence-electron chi connectivity index (χ1n) is 14.4. The summed E-state index contributed by atoms with van der Waals surface area (Å²) >= 11 is 0. The number of benzene rings is 2. The molecule has 5 rings (SSSR count). The predicted molar refractivity (Wildman–Crippen MR) is 159 cm³/mol. The minimum atomic E-state index is -3.58. The fraction of sp³-hybridized carbons (Fsp3) is 0.433. The molecule has 1 N–H and O–H groups in total. The van der Waals surface area contributed by atoms with E-state index in [9.17, 15) is 26.8 Å². The van der Waals surface area contributed by atoms with Crippen molar-refractivity contribution in [2.24, 2.45) is 5.41 Å². The van der Waals surface area contributed by atoms with Crippen molar-refractivity contribution in [3.8, 4) is 11.4 Å². The molecule has 0 radical (unpaired) electrons. The maximum absolute atomic E-state index is 14.0. The van der Waals surface area contributed by atoms with Gasteiger partial charge in [0, 0.05) is 43.7 Å². The van der Waals surface area contributed by atoms with Gasteiger partial charge >= 0.3 is 11.7 Å². The summed E-state index contributed by atoms with van der Waals surface area (Å²) in [5.74, 6) is -1.96. The summed E-state index contributed by atoms with van der Waals surface area (Å²) in [5.41, 5.74) is -0.317. The summed E-state index contributed by atoms with van der Waals surface area (Å²) in [6.07, 6.45) is 2.25. The molecule has 236 valence electrons. The van der Waals surface area contributed by atoms with Gasteiger partial charge < -0.3 is 19.7 Å². The molecule has 1 aromatic heterocycles. The third kappa shape index (κ3) is 7.53. The lowest BCUT2D eigenvalue weighted by molar-refractivity contribution is 0.0974. The van der Waals surface area contributed by atoms with Crippen molar-refractivity contribution in [1.29, 1.82) is 0 Å². The normalized spacial score (nSPS) is 16.5. The van der Waals surface area contributed by atoms with Crippen LogP contribution in [-0.4, -0.2) is 74.0 Å². The molecule has 1 aliphatic carbocycles. The van der Waals surface area contributed by atoms with Crippen LogP contribution in [0, 0.1) is 17.0 Å². The Hall–Kier alpha value is -4.04. The Morgan fingerprint density at radius 2 is 1.68 bits per heavy atom. The lowest BCUT2D eigenvalue weighted by Gasteiger charge is -2.35. The van der Waals surface area contributed by atoms with Gasteiger partial charge in [-0.1, -0.05) is 30.3 Å². The third-order valence-corrected chi connectivity index (χ3v) is 9.42. The minimum Gasteiger partial charge on any atom is -0.485 e. The number of piperazine rings is 1. The highest BCUT2D eigenvalue weighted by molar-refractivity contribution is 7.88. The number of anilines is 1. The molecular formula is C30H35F2N5O6S. The summed E-state index contributed by atoms with van der Waals surface area (Å²) in [6, 6.07) is 11.5. The maximum atomic E-state index is 14.0. The van der Waals surface area contributed by atoms with E-state index in [-0.39, 0.29) is 62.6 Å². The smallest absolute Gasteiger partial charge is 0.407 e. The van der Waals surface area contributed by atoms with Crippen LogP contribution in [0.3, 0.4) is 0 Å². The van der Waals surface area contributed by atoms with E-state index in [1.807, 2.05) is 19.9 Å². The zero-order chi connectivity index (χ0) is 31.5. The number of ether oxygens (including phenoxy) is 2.